The van der Waals surface area contributed by atoms with E-state index in [0.717, 1.165) is 0 Å². The van der Waals surface area contributed by atoms with Gasteiger partial charge in [0.05, 0.1) is 7.11 Å². The molecule has 0 amide bonds. The molecule has 8 atom stereocenters. The highest BCUT2D eigenvalue weighted by molar-refractivity contribution is 6.16. The lowest BCUT2D eigenvalue weighted by Crippen LogP contribution is -2.65. The first kappa shape index (κ1) is 15.7. The lowest BCUT2D eigenvalue weighted by atomic mass is 9.47. The van der Waals surface area contributed by atoms with Gasteiger partial charge < -0.3 is 4.74 Å². The molecule has 5 nitrogen and oxygen atoms in total. The lowest BCUT2D eigenvalue weighted by Gasteiger charge is -2.52. The minimum Gasteiger partial charge on any atom is -0.468 e. The van der Waals surface area contributed by atoms with E-state index in [4.69, 9.17) is 4.74 Å². The molecule has 0 spiro atoms. The molecule has 4 rings (SSSR count). The Morgan fingerprint density at radius 2 is 1.88 bits per heavy atom. The fourth-order valence-electron chi connectivity index (χ4n) is 6.10. The van der Waals surface area contributed by atoms with Crippen molar-refractivity contribution in [2.24, 2.45) is 46.8 Å². The zero-order chi connectivity index (χ0) is 17.4. The van der Waals surface area contributed by atoms with E-state index in [9.17, 15) is 19.2 Å². The van der Waals surface area contributed by atoms with E-state index in [-0.39, 0.29) is 41.0 Å². The van der Waals surface area contributed by atoms with Crippen molar-refractivity contribution in [3.63, 3.8) is 0 Å². The summed E-state index contributed by atoms with van der Waals surface area (Å²) >= 11 is 0. The van der Waals surface area contributed by atoms with E-state index in [1.165, 1.54) is 7.11 Å². The molecule has 2 bridgehead atoms. The molecule has 0 aromatic rings. The summed E-state index contributed by atoms with van der Waals surface area (Å²) in [7, 11) is 1.28. The van der Waals surface area contributed by atoms with E-state index in [1.807, 2.05) is 26.0 Å². The number of fused-ring (bicyclic) bond motifs is 6. The van der Waals surface area contributed by atoms with Crippen molar-refractivity contribution in [3.05, 3.63) is 12.2 Å². The summed E-state index contributed by atoms with van der Waals surface area (Å²) in [5.41, 5.74) is -1.42. The molecule has 5 heteroatoms. The maximum absolute atomic E-state index is 13.6. The Kier molecular flexibility index (Phi) is 3.19. The normalized spacial score (nSPS) is 49.1. The molecule has 0 saturated heterocycles. The van der Waals surface area contributed by atoms with Crippen LogP contribution in [-0.4, -0.2) is 30.4 Å². The van der Waals surface area contributed by atoms with Gasteiger partial charge in [0.2, 0.25) is 0 Å². The average molecular weight is 330 g/mol. The first-order chi connectivity index (χ1) is 11.4. The summed E-state index contributed by atoms with van der Waals surface area (Å²) in [6, 6.07) is 0. The zero-order valence-electron chi connectivity index (χ0n) is 14.2. The van der Waals surface area contributed by atoms with Crippen molar-refractivity contribution in [2.45, 2.75) is 26.7 Å². The Bertz CT molecular complexity index is 692. The van der Waals surface area contributed by atoms with Gasteiger partial charge in [-0.05, 0) is 24.2 Å². The highest BCUT2D eigenvalue weighted by Crippen LogP contribution is 2.62. The second kappa shape index (κ2) is 4.87. The van der Waals surface area contributed by atoms with Gasteiger partial charge in [-0.3, -0.25) is 19.2 Å². The van der Waals surface area contributed by atoms with E-state index in [1.54, 1.807) is 0 Å². The maximum atomic E-state index is 13.6. The highest BCUT2D eigenvalue weighted by atomic mass is 16.5. The van der Waals surface area contributed by atoms with Crippen LogP contribution in [0.3, 0.4) is 0 Å². The fourth-order valence-corrected chi connectivity index (χ4v) is 6.10. The van der Waals surface area contributed by atoms with Crippen LogP contribution in [-0.2, 0) is 23.9 Å². The number of ether oxygens (including phenoxy) is 1. The molecular formula is C19H22O5. The minimum absolute atomic E-state index is 0.0748. The number of carbonyl (C=O) groups excluding carboxylic acids is 4. The molecule has 0 aromatic heterocycles. The van der Waals surface area contributed by atoms with Gasteiger partial charge in [0.25, 0.3) is 0 Å². The van der Waals surface area contributed by atoms with Crippen molar-refractivity contribution in [1.29, 1.82) is 0 Å². The lowest BCUT2D eigenvalue weighted by molar-refractivity contribution is -0.180. The molecule has 0 radical (unpaired) electrons. The number of allylic oxidation sites excluding steroid dienone is 2. The van der Waals surface area contributed by atoms with Gasteiger partial charge in [-0.15, -0.1) is 0 Å². The molecule has 4 aliphatic rings. The maximum Gasteiger partial charge on any atom is 0.320 e. The van der Waals surface area contributed by atoms with Gasteiger partial charge in [-0.1, -0.05) is 26.0 Å². The quantitative estimate of drug-likeness (QED) is 0.414. The smallest absolute Gasteiger partial charge is 0.320 e. The zero-order valence-corrected chi connectivity index (χ0v) is 14.2. The molecule has 4 aliphatic carbocycles. The Balaban J connectivity index is 1.91. The predicted octanol–water partition coefficient (Wildman–Crippen LogP) is 1.60. The van der Waals surface area contributed by atoms with E-state index >= 15 is 0 Å². The summed E-state index contributed by atoms with van der Waals surface area (Å²) in [6.07, 6.45) is 4.76. The number of hydrogen-bond acceptors (Lipinski definition) is 5. The van der Waals surface area contributed by atoms with Crippen LogP contribution < -0.4 is 0 Å². The number of Topliss-reactive ketones (excluding diaryl/α,β-unsaturated/α-hetero) is 3. The van der Waals surface area contributed by atoms with Gasteiger partial charge in [-0.25, -0.2) is 0 Å². The molecule has 3 saturated carbocycles. The highest BCUT2D eigenvalue weighted by Gasteiger charge is 2.72. The molecule has 0 N–H and O–H groups in total. The minimum atomic E-state index is -1.42. The number of esters is 1. The van der Waals surface area contributed by atoms with Crippen LogP contribution in [0.5, 0.6) is 0 Å². The fraction of sp³-hybridized carbons (Fsp3) is 0.684. The van der Waals surface area contributed by atoms with E-state index < -0.39 is 29.1 Å². The SMILES string of the molecule is COC(=O)C12C(=O)C3C(C(=O)C1[C@@H](C)C=C[C@H]2C)[C@@H]1C[C@H]3CC1=O. The Hall–Kier alpha value is -1.78. The molecule has 128 valence electrons. The first-order valence-electron chi connectivity index (χ1n) is 8.73. The van der Waals surface area contributed by atoms with Crippen LogP contribution in [0.15, 0.2) is 12.2 Å². The Labute approximate surface area is 140 Å². The van der Waals surface area contributed by atoms with Crippen molar-refractivity contribution in [2.75, 3.05) is 7.11 Å². The van der Waals surface area contributed by atoms with Crippen molar-refractivity contribution < 1.29 is 23.9 Å². The van der Waals surface area contributed by atoms with Crippen molar-refractivity contribution in [1.82, 2.24) is 0 Å². The summed E-state index contributed by atoms with van der Waals surface area (Å²) < 4.78 is 5.02. The summed E-state index contributed by atoms with van der Waals surface area (Å²) in [5, 5.41) is 0. The van der Waals surface area contributed by atoms with Crippen LogP contribution in [0.4, 0.5) is 0 Å². The monoisotopic (exact) mass is 330 g/mol. The van der Waals surface area contributed by atoms with Crippen LogP contribution in [0, 0.1) is 46.8 Å². The molecule has 24 heavy (non-hydrogen) atoms. The number of hydrogen-bond donors (Lipinski definition) is 0. The third kappa shape index (κ3) is 1.56. The van der Waals surface area contributed by atoms with Crippen LogP contribution in [0.25, 0.3) is 0 Å². The van der Waals surface area contributed by atoms with Crippen molar-refractivity contribution in [3.8, 4) is 0 Å². The van der Waals surface area contributed by atoms with Crippen LogP contribution in [0.2, 0.25) is 0 Å². The van der Waals surface area contributed by atoms with Gasteiger partial charge >= 0.3 is 5.97 Å². The summed E-state index contributed by atoms with van der Waals surface area (Å²) in [4.78, 5) is 51.9. The Morgan fingerprint density at radius 1 is 1.17 bits per heavy atom. The average Bonchev–Trinajstić information content (AvgIpc) is 3.11. The predicted molar refractivity (Wildman–Crippen MR) is 83.6 cm³/mol. The third-order valence-electron chi connectivity index (χ3n) is 7.07. The molecule has 0 aromatic carbocycles. The Morgan fingerprint density at radius 3 is 2.54 bits per heavy atom. The van der Waals surface area contributed by atoms with E-state index in [0.29, 0.717) is 12.8 Å². The van der Waals surface area contributed by atoms with Gasteiger partial charge in [0.15, 0.2) is 5.78 Å². The van der Waals surface area contributed by atoms with Gasteiger partial charge in [0.1, 0.15) is 17.0 Å². The van der Waals surface area contributed by atoms with E-state index in [2.05, 4.69) is 0 Å². The third-order valence-corrected chi connectivity index (χ3v) is 7.07. The molecule has 3 fully saturated rings. The van der Waals surface area contributed by atoms with Crippen LogP contribution in [0.1, 0.15) is 26.7 Å². The number of methoxy groups -OCH3 is 1. The number of carbonyl (C=O) groups is 4. The van der Waals surface area contributed by atoms with Crippen molar-refractivity contribution >= 4 is 23.3 Å². The second-order valence-electron chi connectivity index (χ2n) is 7.96. The van der Waals surface area contributed by atoms with Crippen LogP contribution >= 0.6 is 0 Å². The standard InChI is InChI=1S/C19H22O5/c1-8-4-5-9(2)19(18(23)24-3)15(8)16(21)14-11-6-10(7-12(11)20)13(14)17(19)22/h4-5,8-11,13-15H,6-7H2,1-3H3/t8-,9+,10-,11+,13?,14?,15?,19?/m0/s1. The first-order valence-corrected chi connectivity index (χ1v) is 8.73. The molecule has 0 heterocycles. The van der Waals surface area contributed by atoms with Gasteiger partial charge in [0, 0.05) is 30.1 Å². The molecule has 4 unspecified atom stereocenters. The van der Waals surface area contributed by atoms with Gasteiger partial charge in [-0.2, -0.15) is 0 Å². The number of ketones is 3. The number of rotatable bonds is 1. The largest absolute Gasteiger partial charge is 0.468 e. The second-order valence-corrected chi connectivity index (χ2v) is 7.96. The molecule has 0 aliphatic heterocycles. The summed E-state index contributed by atoms with van der Waals surface area (Å²) in [6.45, 7) is 3.68. The summed E-state index contributed by atoms with van der Waals surface area (Å²) in [5.74, 6) is -3.44. The topological polar surface area (TPSA) is 77.5 Å². The molecular weight excluding hydrogens is 308 g/mol.